The molecule has 6 atom stereocenters. The van der Waals surface area contributed by atoms with Gasteiger partial charge in [-0.1, -0.05) is 26.8 Å². The summed E-state index contributed by atoms with van der Waals surface area (Å²) in [5, 5.41) is 19.4. The third kappa shape index (κ3) is 3.72. The van der Waals surface area contributed by atoms with Gasteiger partial charge in [0.25, 0.3) is 0 Å². The Kier molecular flexibility index (Phi) is 5.64. The van der Waals surface area contributed by atoms with Gasteiger partial charge in [-0.05, 0) is 55.4 Å². The molecule has 1 heterocycles. The molecular weight excluding hydrogens is 376 g/mol. The summed E-state index contributed by atoms with van der Waals surface area (Å²) in [7, 11) is 0. The number of aliphatic carboxylic acids is 1. The molecule has 3 rings (SSSR count). The van der Waals surface area contributed by atoms with Crippen molar-refractivity contribution in [1.82, 2.24) is 0 Å². The molecule has 0 amide bonds. The van der Waals surface area contributed by atoms with Gasteiger partial charge in [0.05, 0.1) is 0 Å². The zero-order valence-electron chi connectivity index (χ0n) is 17.4. The molecule has 0 aromatic heterocycles. The highest BCUT2D eigenvalue weighted by molar-refractivity contribution is 5.90. The highest BCUT2D eigenvalue weighted by atomic mass is 16.6. The van der Waals surface area contributed by atoms with Crippen LogP contribution in [0.3, 0.4) is 0 Å². The van der Waals surface area contributed by atoms with E-state index in [0.717, 1.165) is 6.42 Å². The second-order valence-electron chi connectivity index (χ2n) is 9.10. The van der Waals surface area contributed by atoms with Crippen molar-refractivity contribution < 1.29 is 34.1 Å². The number of esters is 2. The zero-order chi connectivity index (χ0) is 21.6. The predicted molar refractivity (Wildman–Crippen MR) is 103 cm³/mol. The van der Waals surface area contributed by atoms with Crippen molar-refractivity contribution in [1.29, 1.82) is 0 Å². The maximum absolute atomic E-state index is 12.0. The smallest absolute Gasteiger partial charge is 0.336 e. The van der Waals surface area contributed by atoms with E-state index in [1.54, 1.807) is 6.08 Å². The number of carboxylic acid groups (broad SMARTS) is 1. The number of fused-ring (bicyclic) bond motifs is 1. The maximum atomic E-state index is 12.0. The number of hydrogen-bond acceptors (Lipinski definition) is 6. The van der Waals surface area contributed by atoms with Crippen molar-refractivity contribution >= 4 is 17.9 Å². The second-order valence-corrected chi connectivity index (χ2v) is 9.10. The van der Waals surface area contributed by atoms with Crippen LogP contribution in [0.4, 0.5) is 0 Å². The third-order valence-corrected chi connectivity index (χ3v) is 7.52. The summed E-state index contributed by atoms with van der Waals surface area (Å²) in [4.78, 5) is 35.7. The van der Waals surface area contributed by atoms with Crippen LogP contribution in [0.1, 0.15) is 59.8 Å². The van der Waals surface area contributed by atoms with E-state index in [1.165, 1.54) is 13.0 Å². The molecule has 0 spiro atoms. The fourth-order valence-corrected chi connectivity index (χ4v) is 5.92. The molecule has 1 saturated carbocycles. The fraction of sp³-hybridized carbons (Fsp3) is 0.682. The number of hydrogen-bond donors (Lipinski definition) is 2. The first kappa shape index (κ1) is 21.6. The van der Waals surface area contributed by atoms with Crippen molar-refractivity contribution in [2.45, 2.75) is 72.2 Å². The molecule has 7 heteroatoms. The molecule has 0 bridgehead atoms. The zero-order valence-corrected chi connectivity index (χ0v) is 17.4. The van der Waals surface area contributed by atoms with Gasteiger partial charge in [0, 0.05) is 23.5 Å². The van der Waals surface area contributed by atoms with Crippen LogP contribution in [0.5, 0.6) is 0 Å². The Labute approximate surface area is 170 Å². The fourth-order valence-electron chi connectivity index (χ4n) is 5.92. The molecule has 0 saturated heterocycles. The molecule has 2 aliphatic carbocycles. The first-order chi connectivity index (χ1) is 13.5. The summed E-state index contributed by atoms with van der Waals surface area (Å²) in [5.74, 6) is -1.77. The normalized spacial score (nSPS) is 39.1. The van der Waals surface area contributed by atoms with Crippen LogP contribution in [0.2, 0.25) is 0 Å². The molecule has 160 valence electrons. The Morgan fingerprint density at radius 3 is 2.59 bits per heavy atom. The van der Waals surface area contributed by atoms with Crippen LogP contribution < -0.4 is 0 Å². The summed E-state index contributed by atoms with van der Waals surface area (Å²) in [6, 6.07) is 0. The minimum atomic E-state index is -1.20. The molecule has 1 aliphatic heterocycles. The largest absolute Gasteiger partial charge is 0.478 e. The van der Waals surface area contributed by atoms with Gasteiger partial charge in [0.2, 0.25) is 6.29 Å². The van der Waals surface area contributed by atoms with E-state index in [9.17, 15) is 24.6 Å². The molecule has 7 nitrogen and oxygen atoms in total. The van der Waals surface area contributed by atoms with Crippen molar-refractivity contribution in [3.8, 4) is 0 Å². The van der Waals surface area contributed by atoms with Crippen LogP contribution in [0.25, 0.3) is 0 Å². The van der Waals surface area contributed by atoms with Gasteiger partial charge in [-0.25, -0.2) is 9.59 Å². The number of ether oxygens (including phenoxy) is 2. The first-order valence-corrected chi connectivity index (χ1v) is 10.2. The number of carboxylic acids is 1. The number of aliphatic hydroxyl groups is 1. The van der Waals surface area contributed by atoms with Crippen LogP contribution in [0, 0.1) is 22.7 Å². The summed E-state index contributed by atoms with van der Waals surface area (Å²) in [6.07, 6.45) is 4.63. The Balaban J connectivity index is 1.97. The highest BCUT2D eigenvalue weighted by Gasteiger charge is 2.59. The molecule has 0 aromatic rings. The number of cyclic esters (lactones) is 1. The average Bonchev–Trinajstić information content (AvgIpc) is 2.94. The predicted octanol–water partition coefficient (Wildman–Crippen LogP) is 2.97. The van der Waals surface area contributed by atoms with Crippen LogP contribution in [-0.2, 0) is 23.9 Å². The Bertz CT molecular complexity index is 782. The standard InChI is InChI=1S/C22H30O7/c1-12-16(28-13(2)23)11-22(4)15(19(25)26)6-5-7-17(22)21(12,3)9-8-14-10-18(24)29-20(14)27/h6,10,12,16-18,24H,5,7-9,11H2,1-4H3,(H,25,26)/t12-,16-,17-,18?,21+,22+/m0/s1. The molecule has 29 heavy (non-hydrogen) atoms. The van der Waals surface area contributed by atoms with Gasteiger partial charge < -0.3 is 19.7 Å². The molecule has 1 unspecified atom stereocenters. The van der Waals surface area contributed by atoms with Crippen LogP contribution in [0.15, 0.2) is 23.3 Å². The van der Waals surface area contributed by atoms with Gasteiger partial charge in [0.1, 0.15) is 6.10 Å². The number of rotatable bonds is 5. The van der Waals surface area contributed by atoms with E-state index in [1.807, 2.05) is 13.8 Å². The summed E-state index contributed by atoms with van der Waals surface area (Å²) >= 11 is 0. The summed E-state index contributed by atoms with van der Waals surface area (Å²) < 4.78 is 10.4. The molecule has 2 N–H and O–H groups in total. The van der Waals surface area contributed by atoms with Crippen LogP contribution in [-0.4, -0.2) is 40.5 Å². The van der Waals surface area contributed by atoms with E-state index in [4.69, 9.17) is 9.47 Å². The minimum Gasteiger partial charge on any atom is -0.478 e. The topological polar surface area (TPSA) is 110 Å². The van der Waals surface area contributed by atoms with Gasteiger partial charge in [-0.3, -0.25) is 4.79 Å². The lowest BCUT2D eigenvalue weighted by molar-refractivity contribution is -0.171. The van der Waals surface area contributed by atoms with E-state index < -0.39 is 29.7 Å². The van der Waals surface area contributed by atoms with Gasteiger partial charge in [-0.15, -0.1) is 0 Å². The Morgan fingerprint density at radius 2 is 2.03 bits per heavy atom. The molecule has 0 aromatic carbocycles. The Hall–Kier alpha value is -2.15. The minimum absolute atomic E-state index is 0.0134. The van der Waals surface area contributed by atoms with Gasteiger partial charge in [-0.2, -0.15) is 0 Å². The molecule has 3 aliphatic rings. The lowest BCUT2D eigenvalue weighted by atomic mass is 9.46. The lowest BCUT2D eigenvalue weighted by Crippen LogP contribution is -2.56. The summed E-state index contributed by atoms with van der Waals surface area (Å²) in [5.41, 5.74) is -0.169. The van der Waals surface area contributed by atoms with Crippen molar-refractivity contribution in [2.75, 3.05) is 0 Å². The quantitative estimate of drug-likeness (QED) is 0.675. The van der Waals surface area contributed by atoms with Crippen molar-refractivity contribution in [2.24, 2.45) is 22.7 Å². The molecule has 0 radical (unpaired) electrons. The van der Waals surface area contributed by atoms with E-state index >= 15 is 0 Å². The van der Waals surface area contributed by atoms with E-state index in [-0.39, 0.29) is 23.2 Å². The monoisotopic (exact) mass is 406 g/mol. The van der Waals surface area contributed by atoms with Crippen molar-refractivity contribution in [3.05, 3.63) is 23.3 Å². The maximum Gasteiger partial charge on any atom is 0.336 e. The number of aliphatic hydroxyl groups excluding tert-OH is 1. The van der Waals surface area contributed by atoms with Crippen molar-refractivity contribution in [3.63, 3.8) is 0 Å². The second kappa shape index (κ2) is 7.59. The SMILES string of the molecule is CC(=O)O[C@H]1C[C@]2(C)C(C(=O)O)=CCC[C@H]2[C@](C)(CCC2=CC(O)OC2=O)[C@H]1C. The van der Waals surface area contributed by atoms with E-state index in [0.29, 0.717) is 36.8 Å². The molecular formula is C22H30O7. The number of allylic oxidation sites excluding steroid dienone is 1. The Morgan fingerprint density at radius 1 is 1.34 bits per heavy atom. The first-order valence-electron chi connectivity index (χ1n) is 10.2. The third-order valence-electron chi connectivity index (χ3n) is 7.52. The van der Waals surface area contributed by atoms with E-state index in [2.05, 4.69) is 6.92 Å². The highest BCUT2D eigenvalue weighted by Crippen LogP contribution is 2.62. The lowest BCUT2D eigenvalue weighted by Gasteiger charge is -2.59. The number of carbonyl (C=O) groups excluding carboxylic acids is 2. The van der Waals surface area contributed by atoms with Crippen LogP contribution >= 0.6 is 0 Å². The van der Waals surface area contributed by atoms with Gasteiger partial charge >= 0.3 is 17.9 Å². The average molecular weight is 406 g/mol. The summed E-state index contributed by atoms with van der Waals surface area (Å²) in [6.45, 7) is 7.48. The molecule has 1 fully saturated rings. The van der Waals surface area contributed by atoms with Gasteiger partial charge in [0.15, 0.2) is 0 Å². The number of carbonyl (C=O) groups is 3.